The van der Waals surface area contributed by atoms with Gasteiger partial charge in [0.15, 0.2) is 5.89 Å². The molecule has 1 atom stereocenters. The Balaban J connectivity index is 2.50. The highest BCUT2D eigenvalue weighted by molar-refractivity contribution is 4.97. The van der Waals surface area contributed by atoms with Gasteiger partial charge < -0.3 is 10.2 Å². The van der Waals surface area contributed by atoms with Gasteiger partial charge in [-0.05, 0) is 6.42 Å². The van der Waals surface area contributed by atoms with Crippen LogP contribution >= 0.6 is 0 Å². The molecule has 1 unspecified atom stereocenters. The van der Waals surface area contributed by atoms with E-state index in [9.17, 15) is 0 Å². The van der Waals surface area contributed by atoms with Crippen molar-refractivity contribution in [1.82, 2.24) is 4.98 Å². The van der Waals surface area contributed by atoms with E-state index in [0.717, 1.165) is 18.5 Å². The van der Waals surface area contributed by atoms with Crippen LogP contribution in [-0.4, -0.2) is 11.0 Å². The standard InChI is InChI=1S/C8H14N2O/c1-3-7(9)4-8-5-11-6(2)10-8/h5,7H,3-4,9H2,1-2H3. The molecule has 0 amide bonds. The summed E-state index contributed by atoms with van der Waals surface area (Å²) in [5.41, 5.74) is 6.69. The average molecular weight is 154 g/mol. The van der Waals surface area contributed by atoms with Gasteiger partial charge in [-0.2, -0.15) is 0 Å². The smallest absolute Gasteiger partial charge is 0.191 e. The lowest BCUT2D eigenvalue weighted by Gasteiger charge is -2.03. The fraction of sp³-hybridized carbons (Fsp3) is 0.625. The highest BCUT2D eigenvalue weighted by atomic mass is 16.3. The van der Waals surface area contributed by atoms with E-state index < -0.39 is 0 Å². The highest BCUT2D eigenvalue weighted by Gasteiger charge is 2.04. The summed E-state index contributed by atoms with van der Waals surface area (Å²) in [6.45, 7) is 3.90. The van der Waals surface area contributed by atoms with Crippen LogP contribution in [-0.2, 0) is 6.42 Å². The minimum absolute atomic E-state index is 0.208. The predicted molar refractivity (Wildman–Crippen MR) is 43.2 cm³/mol. The Morgan fingerprint density at radius 2 is 2.45 bits per heavy atom. The molecule has 62 valence electrons. The fourth-order valence-electron chi connectivity index (χ4n) is 0.915. The van der Waals surface area contributed by atoms with Gasteiger partial charge in [-0.3, -0.25) is 0 Å². The number of nitrogens with two attached hydrogens (primary N) is 1. The number of oxazole rings is 1. The lowest BCUT2D eigenvalue weighted by atomic mass is 10.1. The molecule has 3 heteroatoms. The van der Waals surface area contributed by atoms with Crippen molar-refractivity contribution < 1.29 is 4.42 Å². The van der Waals surface area contributed by atoms with Gasteiger partial charge >= 0.3 is 0 Å². The van der Waals surface area contributed by atoms with E-state index in [1.54, 1.807) is 6.26 Å². The topological polar surface area (TPSA) is 52.0 Å². The van der Waals surface area contributed by atoms with E-state index in [2.05, 4.69) is 11.9 Å². The van der Waals surface area contributed by atoms with Crippen LogP contribution in [0.2, 0.25) is 0 Å². The Morgan fingerprint density at radius 1 is 1.73 bits per heavy atom. The molecular formula is C8H14N2O. The summed E-state index contributed by atoms with van der Waals surface area (Å²) < 4.78 is 5.04. The molecule has 1 heterocycles. The van der Waals surface area contributed by atoms with E-state index in [4.69, 9.17) is 10.2 Å². The lowest BCUT2D eigenvalue weighted by molar-refractivity contribution is 0.519. The number of hydrogen-bond acceptors (Lipinski definition) is 3. The van der Waals surface area contributed by atoms with Crippen LogP contribution in [0.3, 0.4) is 0 Å². The first-order chi connectivity index (χ1) is 5.22. The van der Waals surface area contributed by atoms with Crippen molar-refractivity contribution in [1.29, 1.82) is 0 Å². The molecule has 0 aliphatic carbocycles. The summed E-state index contributed by atoms with van der Waals surface area (Å²) in [5.74, 6) is 0.711. The van der Waals surface area contributed by atoms with Crippen LogP contribution < -0.4 is 5.73 Å². The Labute approximate surface area is 66.6 Å². The Hall–Kier alpha value is -0.830. The predicted octanol–water partition coefficient (Wildman–Crippen LogP) is 1.26. The van der Waals surface area contributed by atoms with Crippen molar-refractivity contribution in [2.75, 3.05) is 0 Å². The van der Waals surface area contributed by atoms with Gasteiger partial charge in [0.1, 0.15) is 6.26 Å². The zero-order chi connectivity index (χ0) is 8.27. The molecular weight excluding hydrogens is 140 g/mol. The monoisotopic (exact) mass is 154 g/mol. The van der Waals surface area contributed by atoms with E-state index in [1.807, 2.05) is 6.92 Å². The van der Waals surface area contributed by atoms with Crippen molar-refractivity contribution in [3.63, 3.8) is 0 Å². The van der Waals surface area contributed by atoms with Gasteiger partial charge in [-0.15, -0.1) is 0 Å². The highest BCUT2D eigenvalue weighted by Crippen LogP contribution is 2.03. The molecule has 0 aliphatic heterocycles. The number of nitrogens with zero attached hydrogens (tertiary/aromatic N) is 1. The molecule has 3 nitrogen and oxygen atoms in total. The summed E-state index contributed by atoms with van der Waals surface area (Å²) in [5, 5.41) is 0. The number of hydrogen-bond donors (Lipinski definition) is 1. The molecule has 11 heavy (non-hydrogen) atoms. The van der Waals surface area contributed by atoms with Crippen molar-refractivity contribution >= 4 is 0 Å². The Bertz CT molecular complexity index is 220. The second kappa shape index (κ2) is 3.53. The second-order valence-corrected chi connectivity index (χ2v) is 2.73. The summed E-state index contributed by atoms with van der Waals surface area (Å²) >= 11 is 0. The quantitative estimate of drug-likeness (QED) is 0.713. The molecule has 0 radical (unpaired) electrons. The lowest BCUT2D eigenvalue weighted by Crippen LogP contribution is -2.21. The maximum atomic E-state index is 5.73. The normalized spacial score (nSPS) is 13.4. The van der Waals surface area contributed by atoms with Crippen molar-refractivity contribution in [2.24, 2.45) is 5.73 Å². The molecule has 1 rings (SSSR count). The van der Waals surface area contributed by atoms with Crippen molar-refractivity contribution in [3.8, 4) is 0 Å². The molecule has 2 N–H and O–H groups in total. The SMILES string of the molecule is CCC(N)Cc1coc(C)n1. The van der Waals surface area contributed by atoms with Gasteiger partial charge in [0.05, 0.1) is 5.69 Å². The third kappa shape index (κ3) is 2.35. The molecule has 0 aromatic carbocycles. The maximum absolute atomic E-state index is 5.73. The second-order valence-electron chi connectivity index (χ2n) is 2.73. The largest absolute Gasteiger partial charge is 0.449 e. The van der Waals surface area contributed by atoms with Crippen LogP contribution in [0.1, 0.15) is 24.9 Å². The number of rotatable bonds is 3. The number of aryl methyl sites for hydroxylation is 1. The van der Waals surface area contributed by atoms with E-state index in [1.165, 1.54) is 0 Å². The van der Waals surface area contributed by atoms with Crippen molar-refractivity contribution in [3.05, 3.63) is 17.8 Å². The minimum Gasteiger partial charge on any atom is -0.449 e. The average Bonchev–Trinajstić information content (AvgIpc) is 2.35. The zero-order valence-corrected chi connectivity index (χ0v) is 7.00. The van der Waals surface area contributed by atoms with E-state index >= 15 is 0 Å². The summed E-state index contributed by atoms with van der Waals surface area (Å²) in [6, 6.07) is 0.208. The minimum atomic E-state index is 0.208. The van der Waals surface area contributed by atoms with Gasteiger partial charge in [0.2, 0.25) is 0 Å². The van der Waals surface area contributed by atoms with E-state index in [-0.39, 0.29) is 6.04 Å². The first kappa shape index (κ1) is 8.27. The summed E-state index contributed by atoms with van der Waals surface area (Å²) in [6.07, 6.45) is 3.46. The van der Waals surface area contributed by atoms with Crippen molar-refractivity contribution in [2.45, 2.75) is 32.7 Å². The molecule has 1 aromatic heterocycles. The van der Waals surface area contributed by atoms with Gasteiger partial charge in [0.25, 0.3) is 0 Å². The Morgan fingerprint density at radius 3 is 2.91 bits per heavy atom. The summed E-state index contributed by atoms with van der Waals surface area (Å²) in [4.78, 5) is 4.15. The van der Waals surface area contributed by atoms with Crippen LogP contribution in [0.15, 0.2) is 10.7 Å². The number of aromatic nitrogens is 1. The molecule has 1 aromatic rings. The molecule has 0 spiro atoms. The van der Waals surface area contributed by atoms with Crippen LogP contribution in [0.4, 0.5) is 0 Å². The van der Waals surface area contributed by atoms with Crippen LogP contribution in [0.5, 0.6) is 0 Å². The van der Waals surface area contributed by atoms with E-state index in [0.29, 0.717) is 5.89 Å². The first-order valence-corrected chi connectivity index (χ1v) is 3.89. The molecule has 0 fully saturated rings. The Kier molecular flexibility index (Phi) is 2.65. The van der Waals surface area contributed by atoms with Crippen LogP contribution in [0.25, 0.3) is 0 Å². The van der Waals surface area contributed by atoms with Gasteiger partial charge in [-0.25, -0.2) is 4.98 Å². The van der Waals surface area contributed by atoms with Gasteiger partial charge in [0, 0.05) is 19.4 Å². The molecule has 0 saturated carbocycles. The zero-order valence-electron chi connectivity index (χ0n) is 7.00. The molecule has 0 saturated heterocycles. The molecule has 0 aliphatic rings. The summed E-state index contributed by atoms with van der Waals surface area (Å²) in [7, 11) is 0. The fourth-order valence-corrected chi connectivity index (χ4v) is 0.915. The van der Waals surface area contributed by atoms with Crippen LogP contribution in [0, 0.1) is 6.92 Å². The third-order valence-corrected chi connectivity index (χ3v) is 1.66. The first-order valence-electron chi connectivity index (χ1n) is 3.89. The van der Waals surface area contributed by atoms with Gasteiger partial charge in [-0.1, -0.05) is 6.92 Å². The third-order valence-electron chi connectivity index (χ3n) is 1.66. The maximum Gasteiger partial charge on any atom is 0.191 e. The molecule has 0 bridgehead atoms.